The Bertz CT molecular complexity index is 607. The van der Waals surface area contributed by atoms with Crippen molar-refractivity contribution in [2.24, 2.45) is 4.99 Å². The Balaban J connectivity index is 0.00000392. The maximum absolute atomic E-state index is 12.3. The summed E-state index contributed by atoms with van der Waals surface area (Å²) in [5.74, 6) is 0.943. The number of likely N-dealkylation sites (N-methyl/N-ethyl adjacent to an activating group) is 2. The Morgan fingerprint density at radius 2 is 1.93 bits per heavy atom. The van der Waals surface area contributed by atoms with Crippen LogP contribution in [-0.2, 0) is 24.1 Å². The molecule has 1 aromatic rings. The number of hydrogen-bond donors (Lipinski definition) is 1. The van der Waals surface area contributed by atoms with Gasteiger partial charge >= 0.3 is 0 Å². The van der Waals surface area contributed by atoms with Gasteiger partial charge in [0.1, 0.15) is 0 Å². The lowest BCUT2D eigenvalue weighted by Gasteiger charge is -2.25. The summed E-state index contributed by atoms with van der Waals surface area (Å²) < 4.78 is 0. The molecule has 2 rings (SSSR count). The number of aromatic nitrogens is 1. The number of nitrogens with zero attached hydrogens (tertiary/aromatic N) is 4. The van der Waals surface area contributed by atoms with Gasteiger partial charge in [0.05, 0.1) is 17.2 Å². The molecule has 6 nitrogen and oxygen atoms in total. The molecule has 0 unspecified atom stereocenters. The van der Waals surface area contributed by atoms with E-state index in [9.17, 15) is 4.79 Å². The Labute approximate surface area is 191 Å². The van der Waals surface area contributed by atoms with Crippen LogP contribution in [0.5, 0.6) is 0 Å². The molecule has 1 aliphatic rings. The van der Waals surface area contributed by atoms with Crippen LogP contribution in [0.25, 0.3) is 0 Å². The van der Waals surface area contributed by atoms with Crippen molar-refractivity contribution in [3.8, 4) is 0 Å². The highest BCUT2D eigenvalue weighted by molar-refractivity contribution is 14.0. The second-order valence-electron chi connectivity index (χ2n) is 6.95. The van der Waals surface area contributed by atoms with Crippen molar-refractivity contribution < 1.29 is 4.79 Å². The lowest BCUT2D eigenvalue weighted by molar-refractivity contribution is -0.131. The maximum Gasteiger partial charge on any atom is 0.242 e. The van der Waals surface area contributed by atoms with E-state index in [4.69, 9.17) is 9.98 Å². The standard InChI is InChI=1S/C20H35N5OS.HI/c1-5-21-20(24(4)15-19(26)25(6-2)7-3)22-14-10-13-18-23-16-11-8-9-12-17(16)27-18;/h5-15H2,1-4H3,(H,21,22);1H. The Morgan fingerprint density at radius 3 is 2.57 bits per heavy atom. The van der Waals surface area contributed by atoms with Crippen LogP contribution in [0.1, 0.15) is 55.6 Å². The summed E-state index contributed by atoms with van der Waals surface area (Å²) in [5, 5.41) is 4.55. The molecule has 160 valence electrons. The van der Waals surface area contributed by atoms with Crippen LogP contribution < -0.4 is 5.32 Å². The highest BCUT2D eigenvalue weighted by Crippen LogP contribution is 2.27. The lowest BCUT2D eigenvalue weighted by Crippen LogP contribution is -2.45. The van der Waals surface area contributed by atoms with Gasteiger partial charge in [-0.1, -0.05) is 0 Å². The zero-order chi connectivity index (χ0) is 19.6. The first kappa shape index (κ1) is 25.1. The number of hydrogen-bond acceptors (Lipinski definition) is 4. The minimum atomic E-state index is 0. The molecule has 28 heavy (non-hydrogen) atoms. The lowest BCUT2D eigenvalue weighted by atomic mass is 10.0. The van der Waals surface area contributed by atoms with Crippen LogP contribution in [-0.4, -0.2) is 66.4 Å². The van der Waals surface area contributed by atoms with E-state index in [0.717, 1.165) is 51.4 Å². The molecule has 0 aliphatic heterocycles. The summed E-state index contributed by atoms with van der Waals surface area (Å²) in [7, 11) is 1.93. The molecule has 0 bridgehead atoms. The van der Waals surface area contributed by atoms with Gasteiger partial charge in [-0.3, -0.25) is 9.79 Å². The average molecular weight is 522 g/mol. The molecule has 0 aromatic carbocycles. The predicted molar refractivity (Wildman–Crippen MR) is 129 cm³/mol. The highest BCUT2D eigenvalue weighted by atomic mass is 127. The number of amides is 1. The molecule has 0 saturated heterocycles. The van der Waals surface area contributed by atoms with Gasteiger partial charge in [0, 0.05) is 44.5 Å². The molecular weight excluding hydrogens is 485 g/mol. The van der Waals surface area contributed by atoms with Gasteiger partial charge in [-0.25, -0.2) is 4.98 Å². The summed E-state index contributed by atoms with van der Waals surface area (Å²) >= 11 is 1.89. The maximum atomic E-state index is 12.3. The molecule has 1 aromatic heterocycles. The SMILES string of the molecule is CCNC(=NCCCc1nc2c(s1)CCCC2)N(C)CC(=O)N(CC)CC.I. The van der Waals surface area contributed by atoms with Crippen molar-refractivity contribution in [1.82, 2.24) is 20.1 Å². The normalized spacial score (nSPS) is 13.5. The third-order valence-electron chi connectivity index (χ3n) is 4.89. The minimum absolute atomic E-state index is 0. The number of guanidine groups is 1. The number of rotatable bonds is 9. The fourth-order valence-electron chi connectivity index (χ4n) is 3.35. The van der Waals surface area contributed by atoms with Crippen molar-refractivity contribution in [2.45, 2.75) is 59.3 Å². The van der Waals surface area contributed by atoms with Gasteiger partial charge in [0.2, 0.25) is 5.91 Å². The first-order valence-corrected chi connectivity index (χ1v) is 11.1. The molecule has 1 heterocycles. The second-order valence-corrected chi connectivity index (χ2v) is 8.11. The average Bonchev–Trinajstić information content (AvgIpc) is 3.08. The summed E-state index contributed by atoms with van der Waals surface area (Å²) in [4.78, 5) is 27.1. The molecule has 1 aliphatic carbocycles. The molecule has 0 saturated carbocycles. The Hall–Kier alpha value is -0.900. The molecule has 1 N–H and O–H groups in total. The van der Waals surface area contributed by atoms with Gasteiger partial charge in [-0.15, -0.1) is 35.3 Å². The van der Waals surface area contributed by atoms with Crippen LogP contribution in [0.4, 0.5) is 0 Å². The summed E-state index contributed by atoms with van der Waals surface area (Å²) in [6, 6.07) is 0. The van der Waals surface area contributed by atoms with E-state index in [1.54, 1.807) is 0 Å². The molecule has 0 atom stereocenters. The number of thiazole rings is 1. The van der Waals surface area contributed by atoms with Crippen LogP contribution in [0.15, 0.2) is 4.99 Å². The van der Waals surface area contributed by atoms with E-state index in [-0.39, 0.29) is 29.9 Å². The van der Waals surface area contributed by atoms with Crippen LogP contribution >= 0.6 is 35.3 Å². The quantitative estimate of drug-likeness (QED) is 0.235. The smallest absolute Gasteiger partial charge is 0.242 e. The largest absolute Gasteiger partial charge is 0.357 e. The number of fused-ring (bicyclic) bond motifs is 1. The third kappa shape index (κ3) is 7.50. The zero-order valence-electron chi connectivity index (χ0n) is 17.8. The van der Waals surface area contributed by atoms with Gasteiger partial charge in [-0.05, 0) is 52.9 Å². The van der Waals surface area contributed by atoms with Gasteiger partial charge < -0.3 is 15.1 Å². The van der Waals surface area contributed by atoms with E-state index in [1.165, 1.54) is 34.8 Å². The fraction of sp³-hybridized carbons (Fsp3) is 0.750. The van der Waals surface area contributed by atoms with Gasteiger partial charge in [-0.2, -0.15) is 0 Å². The van der Waals surface area contributed by atoms with E-state index < -0.39 is 0 Å². The van der Waals surface area contributed by atoms with Gasteiger partial charge in [0.15, 0.2) is 5.96 Å². The zero-order valence-corrected chi connectivity index (χ0v) is 20.9. The van der Waals surface area contributed by atoms with E-state index in [1.807, 2.05) is 42.0 Å². The van der Waals surface area contributed by atoms with Crippen molar-refractivity contribution in [3.63, 3.8) is 0 Å². The molecule has 0 fully saturated rings. The monoisotopic (exact) mass is 521 g/mol. The number of aryl methyl sites for hydroxylation is 3. The summed E-state index contributed by atoms with van der Waals surface area (Å²) in [5.41, 5.74) is 1.34. The number of carbonyl (C=O) groups excluding carboxylic acids is 1. The molecule has 0 spiro atoms. The second kappa shape index (κ2) is 13.3. The third-order valence-corrected chi connectivity index (χ3v) is 6.10. The van der Waals surface area contributed by atoms with Crippen molar-refractivity contribution in [2.75, 3.05) is 39.8 Å². The first-order chi connectivity index (χ1) is 13.1. The van der Waals surface area contributed by atoms with E-state index in [2.05, 4.69) is 12.2 Å². The number of aliphatic imine (C=N–C) groups is 1. The Morgan fingerprint density at radius 1 is 1.21 bits per heavy atom. The number of nitrogens with one attached hydrogen (secondary N) is 1. The van der Waals surface area contributed by atoms with Crippen LogP contribution in [0.3, 0.4) is 0 Å². The summed E-state index contributed by atoms with van der Waals surface area (Å²) in [6.07, 6.45) is 6.93. The van der Waals surface area contributed by atoms with Crippen LogP contribution in [0.2, 0.25) is 0 Å². The van der Waals surface area contributed by atoms with Crippen molar-refractivity contribution in [1.29, 1.82) is 0 Å². The molecule has 8 heteroatoms. The number of halogens is 1. The predicted octanol–water partition coefficient (Wildman–Crippen LogP) is 3.34. The van der Waals surface area contributed by atoms with E-state index >= 15 is 0 Å². The van der Waals surface area contributed by atoms with Crippen molar-refractivity contribution >= 4 is 47.2 Å². The van der Waals surface area contributed by atoms with Crippen LogP contribution in [0, 0.1) is 0 Å². The first-order valence-electron chi connectivity index (χ1n) is 10.3. The summed E-state index contributed by atoms with van der Waals surface area (Å²) in [6.45, 7) is 9.46. The van der Waals surface area contributed by atoms with Crippen molar-refractivity contribution in [3.05, 3.63) is 15.6 Å². The topological polar surface area (TPSA) is 60.8 Å². The van der Waals surface area contributed by atoms with Gasteiger partial charge in [0.25, 0.3) is 0 Å². The number of carbonyl (C=O) groups is 1. The fourth-order valence-corrected chi connectivity index (χ4v) is 4.55. The molecular formula is C20H36IN5OS. The Kier molecular flexibility index (Phi) is 12.0. The van der Waals surface area contributed by atoms with E-state index in [0.29, 0.717) is 6.54 Å². The molecule has 1 amide bonds. The minimum Gasteiger partial charge on any atom is -0.357 e. The molecule has 0 radical (unpaired) electrons. The highest BCUT2D eigenvalue weighted by Gasteiger charge is 2.16.